The molecule has 1 N–H and O–H groups in total. The maximum atomic E-state index is 12.5. The molecule has 1 aromatic carbocycles. The standard InChI is InChI=1S/C16H19F3N2O.ClH/c17-16(18,19)13-3-1-12(2-4-13)14(22)21-9-6-15(7-10-21)5-8-20-11-15;/h1-4,20H,5-11H2;1H. The molecule has 0 radical (unpaired) electrons. The fourth-order valence-corrected chi connectivity index (χ4v) is 3.39. The number of alkyl halides is 3. The average Bonchev–Trinajstić information content (AvgIpc) is 2.95. The van der Waals surface area contributed by atoms with Gasteiger partial charge in [-0.2, -0.15) is 13.2 Å². The topological polar surface area (TPSA) is 32.3 Å². The van der Waals surface area contributed by atoms with E-state index in [2.05, 4.69) is 5.32 Å². The minimum Gasteiger partial charge on any atom is -0.339 e. The van der Waals surface area contributed by atoms with E-state index in [0.717, 1.165) is 44.5 Å². The molecule has 0 bridgehead atoms. The Morgan fingerprint density at radius 1 is 1.09 bits per heavy atom. The zero-order chi connectivity index (χ0) is 15.8. The second kappa shape index (κ2) is 6.69. The smallest absolute Gasteiger partial charge is 0.339 e. The van der Waals surface area contributed by atoms with Crippen LogP contribution in [0.5, 0.6) is 0 Å². The Hall–Kier alpha value is -1.27. The van der Waals surface area contributed by atoms with Crippen LogP contribution in [0.15, 0.2) is 24.3 Å². The molecule has 0 aliphatic carbocycles. The first-order valence-corrected chi connectivity index (χ1v) is 7.57. The number of nitrogens with zero attached hydrogens (tertiary/aromatic N) is 1. The molecule has 1 amide bonds. The number of nitrogens with one attached hydrogen (secondary N) is 1. The maximum Gasteiger partial charge on any atom is 0.416 e. The van der Waals surface area contributed by atoms with Crippen LogP contribution in [0.4, 0.5) is 13.2 Å². The van der Waals surface area contributed by atoms with Crippen molar-refractivity contribution in [2.75, 3.05) is 26.2 Å². The van der Waals surface area contributed by atoms with Crippen LogP contribution in [-0.2, 0) is 6.18 Å². The summed E-state index contributed by atoms with van der Waals surface area (Å²) in [5.74, 6) is -0.172. The molecular weight excluding hydrogens is 329 g/mol. The van der Waals surface area contributed by atoms with Crippen LogP contribution in [0.3, 0.4) is 0 Å². The van der Waals surface area contributed by atoms with Gasteiger partial charge in [-0.05, 0) is 55.5 Å². The van der Waals surface area contributed by atoms with Crippen molar-refractivity contribution in [2.24, 2.45) is 5.41 Å². The Balaban J connectivity index is 0.00000192. The lowest BCUT2D eigenvalue weighted by Crippen LogP contribution is -2.44. The van der Waals surface area contributed by atoms with Gasteiger partial charge in [0.15, 0.2) is 0 Å². The van der Waals surface area contributed by atoms with Crippen LogP contribution in [0.2, 0.25) is 0 Å². The van der Waals surface area contributed by atoms with Crippen LogP contribution in [0.1, 0.15) is 35.2 Å². The molecule has 3 rings (SSSR count). The van der Waals surface area contributed by atoms with Crippen molar-refractivity contribution < 1.29 is 18.0 Å². The Morgan fingerprint density at radius 3 is 2.17 bits per heavy atom. The van der Waals surface area contributed by atoms with E-state index in [9.17, 15) is 18.0 Å². The third-order valence-corrected chi connectivity index (χ3v) is 4.90. The third-order valence-electron chi connectivity index (χ3n) is 4.90. The average molecular weight is 349 g/mol. The summed E-state index contributed by atoms with van der Waals surface area (Å²) in [4.78, 5) is 14.1. The van der Waals surface area contributed by atoms with E-state index in [1.807, 2.05) is 0 Å². The fourth-order valence-electron chi connectivity index (χ4n) is 3.39. The van der Waals surface area contributed by atoms with Gasteiger partial charge in [-0.3, -0.25) is 4.79 Å². The van der Waals surface area contributed by atoms with Gasteiger partial charge in [-0.1, -0.05) is 0 Å². The van der Waals surface area contributed by atoms with Gasteiger partial charge < -0.3 is 10.2 Å². The SMILES string of the molecule is Cl.O=C(c1ccc(C(F)(F)F)cc1)N1CCC2(CCNC2)CC1. The van der Waals surface area contributed by atoms with Crippen molar-refractivity contribution >= 4 is 18.3 Å². The van der Waals surface area contributed by atoms with Crippen molar-refractivity contribution in [3.05, 3.63) is 35.4 Å². The quantitative estimate of drug-likeness (QED) is 0.844. The molecule has 0 unspecified atom stereocenters. The van der Waals surface area contributed by atoms with E-state index in [0.29, 0.717) is 24.1 Å². The molecule has 0 atom stereocenters. The summed E-state index contributed by atoms with van der Waals surface area (Å²) in [6, 6.07) is 4.48. The minimum atomic E-state index is -4.37. The van der Waals surface area contributed by atoms with Crippen LogP contribution in [-0.4, -0.2) is 37.0 Å². The van der Waals surface area contributed by atoms with Crippen molar-refractivity contribution in [3.8, 4) is 0 Å². The second-order valence-electron chi connectivity index (χ2n) is 6.29. The van der Waals surface area contributed by atoms with Crippen LogP contribution >= 0.6 is 12.4 Å². The van der Waals surface area contributed by atoms with Gasteiger partial charge in [0.05, 0.1) is 5.56 Å². The first-order valence-electron chi connectivity index (χ1n) is 7.57. The van der Waals surface area contributed by atoms with E-state index in [1.165, 1.54) is 12.1 Å². The Labute approximate surface area is 139 Å². The third kappa shape index (κ3) is 3.80. The van der Waals surface area contributed by atoms with Gasteiger partial charge in [-0.15, -0.1) is 12.4 Å². The number of benzene rings is 1. The van der Waals surface area contributed by atoms with Gasteiger partial charge in [-0.25, -0.2) is 0 Å². The number of rotatable bonds is 1. The largest absolute Gasteiger partial charge is 0.416 e. The number of carbonyl (C=O) groups excluding carboxylic acids is 1. The minimum absolute atomic E-state index is 0. The summed E-state index contributed by atoms with van der Waals surface area (Å²) >= 11 is 0. The van der Waals surface area contributed by atoms with Crippen LogP contribution < -0.4 is 5.32 Å². The highest BCUT2D eigenvalue weighted by atomic mass is 35.5. The van der Waals surface area contributed by atoms with Crippen molar-refractivity contribution in [1.29, 1.82) is 0 Å². The summed E-state index contributed by atoms with van der Waals surface area (Å²) in [6.45, 7) is 3.41. The molecule has 2 aliphatic heterocycles. The van der Waals surface area contributed by atoms with Crippen LogP contribution in [0.25, 0.3) is 0 Å². The Morgan fingerprint density at radius 2 is 1.70 bits per heavy atom. The molecule has 1 spiro atoms. The van der Waals surface area contributed by atoms with Gasteiger partial charge in [0, 0.05) is 25.2 Å². The summed E-state index contributed by atoms with van der Waals surface area (Å²) in [6.07, 6.45) is -1.29. The number of amides is 1. The van der Waals surface area contributed by atoms with Crippen molar-refractivity contribution in [2.45, 2.75) is 25.4 Å². The van der Waals surface area contributed by atoms with Gasteiger partial charge >= 0.3 is 6.18 Å². The van der Waals surface area contributed by atoms with E-state index < -0.39 is 11.7 Å². The predicted octanol–water partition coefficient (Wildman–Crippen LogP) is 3.34. The monoisotopic (exact) mass is 348 g/mol. The summed E-state index contributed by atoms with van der Waals surface area (Å²) in [5.41, 5.74) is -0.0797. The lowest BCUT2D eigenvalue weighted by atomic mass is 9.78. The zero-order valence-corrected chi connectivity index (χ0v) is 13.5. The number of carbonyl (C=O) groups is 1. The number of hydrogen-bond donors (Lipinski definition) is 1. The molecule has 2 saturated heterocycles. The van der Waals surface area contributed by atoms with Crippen LogP contribution in [0, 0.1) is 5.41 Å². The first kappa shape index (κ1) is 18.1. The van der Waals surface area contributed by atoms with Crippen molar-refractivity contribution in [1.82, 2.24) is 10.2 Å². The van der Waals surface area contributed by atoms with Crippen molar-refractivity contribution in [3.63, 3.8) is 0 Å². The molecule has 0 aromatic heterocycles. The highest BCUT2D eigenvalue weighted by molar-refractivity contribution is 5.94. The van der Waals surface area contributed by atoms with Gasteiger partial charge in [0.25, 0.3) is 5.91 Å². The number of halogens is 4. The lowest BCUT2D eigenvalue weighted by Gasteiger charge is -2.38. The molecular formula is C16H20ClF3N2O. The van der Waals surface area contributed by atoms with E-state index in [-0.39, 0.29) is 18.3 Å². The molecule has 2 aliphatic rings. The molecule has 3 nitrogen and oxygen atoms in total. The van der Waals surface area contributed by atoms with Gasteiger partial charge in [0.1, 0.15) is 0 Å². The lowest BCUT2D eigenvalue weighted by molar-refractivity contribution is -0.137. The molecule has 7 heteroatoms. The molecule has 2 fully saturated rings. The highest BCUT2D eigenvalue weighted by Gasteiger charge is 2.38. The Bertz CT molecular complexity index is 543. The molecule has 2 heterocycles. The van der Waals surface area contributed by atoms with Gasteiger partial charge in [0.2, 0.25) is 0 Å². The summed E-state index contributed by atoms with van der Waals surface area (Å²) in [5, 5.41) is 3.37. The molecule has 1 aromatic rings. The Kier molecular flexibility index (Phi) is 5.26. The van der Waals surface area contributed by atoms with E-state index in [4.69, 9.17) is 0 Å². The predicted molar refractivity (Wildman–Crippen MR) is 83.7 cm³/mol. The highest BCUT2D eigenvalue weighted by Crippen LogP contribution is 2.37. The van der Waals surface area contributed by atoms with E-state index in [1.54, 1.807) is 4.90 Å². The normalized spacial score (nSPS) is 20.4. The molecule has 128 valence electrons. The zero-order valence-electron chi connectivity index (χ0n) is 12.7. The first-order chi connectivity index (χ1) is 10.4. The number of piperidine rings is 1. The maximum absolute atomic E-state index is 12.5. The fraction of sp³-hybridized carbons (Fsp3) is 0.562. The number of hydrogen-bond acceptors (Lipinski definition) is 2. The van der Waals surface area contributed by atoms with E-state index >= 15 is 0 Å². The number of likely N-dealkylation sites (tertiary alicyclic amines) is 1. The summed E-state index contributed by atoms with van der Waals surface area (Å²) < 4.78 is 37.6. The molecule has 23 heavy (non-hydrogen) atoms. The second-order valence-corrected chi connectivity index (χ2v) is 6.29. The summed E-state index contributed by atoms with van der Waals surface area (Å²) in [7, 11) is 0. The molecule has 0 saturated carbocycles.